The van der Waals surface area contributed by atoms with Crippen LogP contribution in [0.2, 0.25) is 0 Å². The van der Waals surface area contributed by atoms with Gasteiger partial charge in [-0.3, -0.25) is 4.79 Å². The minimum Gasteiger partial charge on any atom is -0.462 e. The van der Waals surface area contributed by atoms with Crippen LogP contribution < -0.4 is 0 Å². The van der Waals surface area contributed by atoms with Crippen LogP contribution in [0.25, 0.3) is 0 Å². The average Bonchev–Trinajstić information content (AvgIpc) is 2.16. The zero-order chi connectivity index (χ0) is 8.81. The number of allylic oxidation sites excluding steroid dienone is 2. The van der Waals surface area contributed by atoms with Gasteiger partial charge in [-0.25, -0.2) is 0 Å². The molecule has 2 heteroatoms. The molecule has 12 heavy (non-hydrogen) atoms. The first kappa shape index (κ1) is 9.30. The summed E-state index contributed by atoms with van der Waals surface area (Å²) in [5, 5.41) is 0. The van der Waals surface area contributed by atoms with Crippen LogP contribution in [-0.4, -0.2) is 12.1 Å². The molecule has 0 aromatic carbocycles. The van der Waals surface area contributed by atoms with Gasteiger partial charge in [0.2, 0.25) is 0 Å². The van der Waals surface area contributed by atoms with Crippen molar-refractivity contribution in [3.63, 3.8) is 0 Å². The number of hydrogen-bond acceptors (Lipinski definition) is 2. The fourth-order valence-electron chi connectivity index (χ4n) is 1.31. The van der Waals surface area contributed by atoms with Crippen molar-refractivity contribution in [2.75, 3.05) is 0 Å². The number of carbonyl (C=O) groups excluding carboxylic acids is 1. The minimum atomic E-state index is -0.0478. The summed E-state index contributed by atoms with van der Waals surface area (Å²) in [6.07, 6.45) is 8.65. The van der Waals surface area contributed by atoms with Crippen molar-refractivity contribution in [1.29, 1.82) is 0 Å². The topological polar surface area (TPSA) is 26.3 Å². The van der Waals surface area contributed by atoms with Gasteiger partial charge in [0, 0.05) is 6.42 Å². The van der Waals surface area contributed by atoms with Crippen LogP contribution in [0.3, 0.4) is 0 Å². The predicted octanol–water partition coefficient (Wildman–Crippen LogP) is 2.44. The summed E-state index contributed by atoms with van der Waals surface area (Å²) < 4.78 is 5.24. The van der Waals surface area contributed by atoms with E-state index in [1.807, 2.05) is 0 Å². The molecule has 0 amide bonds. The van der Waals surface area contributed by atoms with Crippen LogP contribution in [0.15, 0.2) is 12.2 Å². The van der Waals surface area contributed by atoms with Gasteiger partial charge in [0.15, 0.2) is 0 Å². The molecule has 1 rings (SSSR count). The molecule has 1 aliphatic rings. The molecule has 68 valence electrons. The molecule has 0 N–H and O–H groups in total. The Balaban J connectivity index is 2.45. The maximum atomic E-state index is 11.1. The maximum Gasteiger partial charge on any atom is 0.306 e. The highest BCUT2D eigenvalue weighted by molar-refractivity contribution is 5.69. The van der Waals surface area contributed by atoms with Crippen LogP contribution in [-0.2, 0) is 9.53 Å². The Labute approximate surface area is 73.6 Å². The van der Waals surface area contributed by atoms with E-state index in [-0.39, 0.29) is 12.1 Å². The molecule has 1 unspecified atom stereocenters. The molecular weight excluding hydrogens is 152 g/mol. The second-order valence-electron chi connectivity index (χ2n) is 3.11. The molecule has 0 bridgehead atoms. The molecule has 0 fully saturated rings. The van der Waals surface area contributed by atoms with Gasteiger partial charge in [0.1, 0.15) is 6.10 Å². The first-order chi connectivity index (χ1) is 5.83. The molecule has 1 atom stereocenters. The maximum absolute atomic E-state index is 11.1. The Kier molecular flexibility index (Phi) is 3.85. The molecule has 1 aliphatic heterocycles. The van der Waals surface area contributed by atoms with Crippen molar-refractivity contribution in [2.24, 2.45) is 0 Å². The molecule has 0 saturated heterocycles. The zero-order valence-electron chi connectivity index (χ0n) is 7.58. The van der Waals surface area contributed by atoms with Crippen LogP contribution in [0.5, 0.6) is 0 Å². The van der Waals surface area contributed by atoms with Crippen LogP contribution in [0.1, 0.15) is 39.0 Å². The van der Waals surface area contributed by atoms with Crippen LogP contribution >= 0.6 is 0 Å². The van der Waals surface area contributed by atoms with E-state index in [1.165, 1.54) is 0 Å². The molecule has 0 saturated carbocycles. The van der Waals surface area contributed by atoms with Crippen molar-refractivity contribution in [3.8, 4) is 0 Å². The van der Waals surface area contributed by atoms with Crippen molar-refractivity contribution >= 4 is 5.97 Å². The van der Waals surface area contributed by atoms with Crippen LogP contribution in [0.4, 0.5) is 0 Å². The van der Waals surface area contributed by atoms with E-state index in [4.69, 9.17) is 4.74 Å². The Hall–Kier alpha value is -0.790. The molecule has 0 aromatic rings. The van der Waals surface area contributed by atoms with E-state index in [0.717, 1.165) is 25.7 Å². The van der Waals surface area contributed by atoms with Crippen molar-refractivity contribution in [3.05, 3.63) is 12.2 Å². The summed E-state index contributed by atoms with van der Waals surface area (Å²) in [5.41, 5.74) is 0. The van der Waals surface area contributed by atoms with E-state index >= 15 is 0 Å². The highest BCUT2D eigenvalue weighted by Crippen LogP contribution is 2.11. The van der Waals surface area contributed by atoms with E-state index in [9.17, 15) is 4.79 Å². The predicted molar refractivity (Wildman–Crippen MR) is 47.8 cm³/mol. The quantitative estimate of drug-likeness (QED) is 0.444. The normalized spacial score (nSPS) is 28.1. The van der Waals surface area contributed by atoms with E-state index in [1.54, 1.807) is 0 Å². The third kappa shape index (κ3) is 3.07. The van der Waals surface area contributed by atoms with Gasteiger partial charge in [0.05, 0.1) is 0 Å². The number of carbonyl (C=O) groups is 1. The van der Waals surface area contributed by atoms with Gasteiger partial charge in [-0.15, -0.1) is 0 Å². The second kappa shape index (κ2) is 4.96. The third-order valence-corrected chi connectivity index (χ3v) is 2.09. The van der Waals surface area contributed by atoms with Gasteiger partial charge in [-0.05, 0) is 25.7 Å². The SMILES string of the molecule is CCC1CC/C=C\CCC(=O)O1. The summed E-state index contributed by atoms with van der Waals surface area (Å²) >= 11 is 0. The molecule has 0 aromatic heterocycles. The van der Waals surface area contributed by atoms with Gasteiger partial charge < -0.3 is 4.74 Å². The zero-order valence-corrected chi connectivity index (χ0v) is 7.58. The molecule has 1 heterocycles. The average molecular weight is 168 g/mol. The lowest BCUT2D eigenvalue weighted by Crippen LogP contribution is -2.16. The van der Waals surface area contributed by atoms with E-state index < -0.39 is 0 Å². The third-order valence-electron chi connectivity index (χ3n) is 2.09. The van der Waals surface area contributed by atoms with Gasteiger partial charge in [-0.1, -0.05) is 19.1 Å². The smallest absolute Gasteiger partial charge is 0.306 e. The van der Waals surface area contributed by atoms with Crippen molar-refractivity contribution in [2.45, 2.75) is 45.1 Å². The van der Waals surface area contributed by atoms with Crippen molar-refractivity contribution < 1.29 is 9.53 Å². The summed E-state index contributed by atoms with van der Waals surface area (Å²) in [5.74, 6) is -0.0478. The monoisotopic (exact) mass is 168 g/mol. The lowest BCUT2D eigenvalue weighted by molar-refractivity contribution is -0.149. The number of esters is 1. The Morgan fingerprint density at radius 2 is 2.25 bits per heavy atom. The summed E-state index contributed by atoms with van der Waals surface area (Å²) in [4.78, 5) is 11.1. The van der Waals surface area contributed by atoms with E-state index in [2.05, 4.69) is 19.1 Å². The number of hydrogen-bond donors (Lipinski definition) is 0. The van der Waals surface area contributed by atoms with Crippen LogP contribution in [0, 0.1) is 0 Å². The second-order valence-corrected chi connectivity index (χ2v) is 3.11. The Bertz CT molecular complexity index is 173. The molecule has 0 aliphatic carbocycles. The lowest BCUT2D eigenvalue weighted by atomic mass is 10.1. The van der Waals surface area contributed by atoms with E-state index in [0.29, 0.717) is 6.42 Å². The molecular formula is C10H16O2. The summed E-state index contributed by atoms with van der Waals surface area (Å²) in [6.45, 7) is 2.06. The highest BCUT2D eigenvalue weighted by Gasteiger charge is 2.11. The lowest BCUT2D eigenvalue weighted by Gasteiger charge is -2.13. The van der Waals surface area contributed by atoms with Gasteiger partial charge in [0.25, 0.3) is 0 Å². The number of cyclic esters (lactones) is 1. The number of rotatable bonds is 1. The summed E-state index contributed by atoms with van der Waals surface area (Å²) in [7, 11) is 0. The molecule has 0 radical (unpaired) electrons. The van der Waals surface area contributed by atoms with Gasteiger partial charge >= 0.3 is 5.97 Å². The highest BCUT2D eigenvalue weighted by atomic mass is 16.5. The minimum absolute atomic E-state index is 0.0478. The molecule has 2 nitrogen and oxygen atoms in total. The first-order valence-electron chi connectivity index (χ1n) is 4.67. The largest absolute Gasteiger partial charge is 0.462 e. The Morgan fingerprint density at radius 1 is 1.50 bits per heavy atom. The standard InChI is InChI=1S/C10H16O2/c1-2-9-7-5-3-4-6-8-10(11)12-9/h3-4,9H,2,5-8H2,1H3/b4-3-. The van der Waals surface area contributed by atoms with Gasteiger partial charge in [-0.2, -0.15) is 0 Å². The first-order valence-corrected chi connectivity index (χ1v) is 4.67. The molecule has 0 spiro atoms. The summed E-state index contributed by atoms with van der Waals surface area (Å²) in [6, 6.07) is 0. The fourth-order valence-corrected chi connectivity index (χ4v) is 1.31. The number of ether oxygens (including phenoxy) is 1. The Morgan fingerprint density at radius 3 is 3.00 bits per heavy atom. The fraction of sp³-hybridized carbons (Fsp3) is 0.700. The van der Waals surface area contributed by atoms with Crippen molar-refractivity contribution in [1.82, 2.24) is 0 Å².